The van der Waals surface area contributed by atoms with Crippen LogP contribution in [0.25, 0.3) is 0 Å². The van der Waals surface area contributed by atoms with Crippen LogP contribution in [0.2, 0.25) is 0 Å². The monoisotopic (exact) mass is 368 g/mol. The summed E-state index contributed by atoms with van der Waals surface area (Å²) in [6.07, 6.45) is 10.7. The molecule has 0 atom stereocenters. The Kier molecular flexibility index (Phi) is 5.48. The van der Waals surface area contributed by atoms with Gasteiger partial charge >= 0.3 is 0 Å². The van der Waals surface area contributed by atoms with E-state index in [2.05, 4.69) is 36.0 Å². The predicted molar refractivity (Wildman–Crippen MR) is 102 cm³/mol. The number of rotatable bonds is 5. The summed E-state index contributed by atoms with van der Waals surface area (Å²) in [6.45, 7) is 5.40. The molecule has 7 nitrogen and oxygen atoms in total. The Bertz CT molecular complexity index is 778. The largest absolute Gasteiger partial charge is 0.346 e. The summed E-state index contributed by atoms with van der Waals surface area (Å²) in [6, 6.07) is 2.86. The number of aromatic nitrogens is 4. The molecule has 144 valence electrons. The van der Waals surface area contributed by atoms with Crippen molar-refractivity contribution in [1.82, 2.24) is 30.0 Å². The van der Waals surface area contributed by atoms with Crippen molar-refractivity contribution >= 4 is 5.91 Å². The highest BCUT2D eigenvalue weighted by Crippen LogP contribution is 2.26. The van der Waals surface area contributed by atoms with Gasteiger partial charge in [0.2, 0.25) is 0 Å². The zero-order valence-corrected chi connectivity index (χ0v) is 16.0. The first-order valence-corrected chi connectivity index (χ1v) is 10.1. The fraction of sp³-hybridized carbons (Fsp3) is 0.600. The van der Waals surface area contributed by atoms with E-state index in [1.54, 1.807) is 12.4 Å². The average molecular weight is 368 g/mol. The Morgan fingerprint density at radius 1 is 1.19 bits per heavy atom. The van der Waals surface area contributed by atoms with Gasteiger partial charge in [0, 0.05) is 37.9 Å². The molecule has 0 unspecified atom stereocenters. The molecule has 1 N–H and O–H groups in total. The quantitative estimate of drug-likeness (QED) is 0.876. The molecule has 0 saturated heterocycles. The molecule has 2 aromatic heterocycles. The minimum Gasteiger partial charge on any atom is -0.346 e. The number of carbonyl (C=O) groups excluding carboxylic acids is 1. The Hall–Kier alpha value is -2.28. The third-order valence-corrected chi connectivity index (χ3v) is 5.68. The van der Waals surface area contributed by atoms with Crippen molar-refractivity contribution in [2.24, 2.45) is 0 Å². The lowest BCUT2D eigenvalue weighted by molar-refractivity contribution is 0.0949. The number of nitrogens with zero attached hydrogens (tertiary/aromatic N) is 5. The van der Waals surface area contributed by atoms with Crippen molar-refractivity contribution < 1.29 is 4.79 Å². The van der Waals surface area contributed by atoms with Gasteiger partial charge in [-0.05, 0) is 18.9 Å². The normalized spacial score (nSPS) is 18.3. The first-order chi connectivity index (χ1) is 13.2. The van der Waals surface area contributed by atoms with E-state index in [1.807, 2.05) is 6.92 Å². The van der Waals surface area contributed by atoms with Crippen molar-refractivity contribution in [3.8, 4) is 0 Å². The second kappa shape index (κ2) is 8.17. The van der Waals surface area contributed by atoms with Gasteiger partial charge in [0.25, 0.3) is 5.91 Å². The summed E-state index contributed by atoms with van der Waals surface area (Å²) in [5.41, 5.74) is 2.65. The van der Waals surface area contributed by atoms with Crippen molar-refractivity contribution in [1.29, 1.82) is 0 Å². The van der Waals surface area contributed by atoms with Crippen molar-refractivity contribution in [2.75, 3.05) is 6.54 Å². The van der Waals surface area contributed by atoms with E-state index in [9.17, 15) is 4.79 Å². The highest BCUT2D eigenvalue weighted by molar-refractivity contribution is 5.93. The van der Waals surface area contributed by atoms with Gasteiger partial charge in [-0.3, -0.25) is 14.4 Å². The first-order valence-electron chi connectivity index (χ1n) is 10.1. The predicted octanol–water partition coefficient (Wildman–Crippen LogP) is 2.31. The molecule has 1 amide bonds. The smallest absolute Gasteiger partial charge is 0.254 e. The second-order valence-corrected chi connectivity index (χ2v) is 7.54. The van der Waals surface area contributed by atoms with E-state index in [1.165, 1.54) is 37.8 Å². The summed E-state index contributed by atoms with van der Waals surface area (Å²) in [7, 11) is 0. The molecule has 3 heterocycles. The first kappa shape index (κ1) is 18.1. The van der Waals surface area contributed by atoms with Gasteiger partial charge < -0.3 is 5.32 Å². The molecular formula is C20H28N6O. The third-order valence-electron chi connectivity index (χ3n) is 5.68. The van der Waals surface area contributed by atoms with Gasteiger partial charge in [0.15, 0.2) is 0 Å². The molecule has 2 aliphatic rings. The maximum Gasteiger partial charge on any atom is 0.254 e. The van der Waals surface area contributed by atoms with Gasteiger partial charge in [-0.25, -0.2) is 9.97 Å². The van der Waals surface area contributed by atoms with Crippen LogP contribution < -0.4 is 5.32 Å². The number of aryl methyl sites for hydroxylation is 1. The fourth-order valence-corrected chi connectivity index (χ4v) is 4.12. The van der Waals surface area contributed by atoms with Crippen LogP contribution in [-0.4, -0.2) is 43.1 Å². The van der Waals surface area contributed by atoms with Crippen molar-refractivity contribution in [2.45, 2.75) is 71.1 Å². The van der Waals surface area contributed by atoms with E-state index < -0.39 is 0 Å². The summed E-state index contributed by atoms with van der Waals surface area (Å²) >= 11 is 0. The SMILES string of the molecule is CCc1ncc(C(=O)NCc2cc3n(n2)CCN(C2CCCCC2)C3)cn1. The molecule has 7 heteroatoms. The Balaban J connectivity index is 1.34. The van der Waals surface area contributed by atoms with Crippen LogP contribution in [-0.2, 0) is 26.1 Å². The van der Waals surface area contributed by atoms with E-state index in [0.29, 0.717) is 12.1 Å². The average Bonchev–Trinajstić information content (AvgIpc) is 3.15. The van der Waals surface area contributed by atoms with Crippen LogP contribution in [0.4, 0.5) is 0 Å². The van der Waals surface area contributed by atoms with Gasteiger partial charge in [-0.2, -0.15) is 5.10 Å². The zero-order valence-electron chi connectivity index (χ0n) is 16.0. The lowest BCUT2D eigenvalue weighted by atomic mass is 9.94. The van der Waals surface area contributed by atoms with Crippen LogP contribution in [0.15, 0.2) is 18.5 Å². The van der Waals surface area contributed by atoms with Gasteiger partial charge in [-0.1, -0.05) is 26.2 Å². The minimum atomic E-state index is -0.160. The lowest BCUT2D eigenvalue weighted by Gasteiger charge is -2.36. The molecular weight excluding hydrogens is 340 g/mol. The van der Waals surface area contributed by atoms with Crippen LogP contribution in [0.5, 0.6) is 0 Å². The van der Waals surface area contributed by atoms with Gasteiger partial charge in [-0.15, -0.1) is 0 Å². The number of hydrogen-bond donors (Lipinski definition) is 1. The lowest BCUT2D eigenvalue weighted by Crippen LogP contribution is -2.42. The van der Waals surface area contributed by atoms with E-state index in [4.69, 9.17) is 0 Å². The van der Waals surface area contributed by atoms with Crippen molar-refractivity contribution in [3.63, 3.8) is 0 Å². The highest BCUT2D eigenvalue weighted by atomic mass is 16.1. The molecule has 1 aliphatic carbocycles. The summed E-state index contributed by atoms with van der Waals surface area (Å²) < 4.78 is 2.10. The molecule has 27 heavy (non-hydrogen) atoms. The topological polar surface area (TPSA) is 75.9 Å². The van der Waals surface area contributed by atoms with Crippen LogP contribution >= 0.6 is 0 Å². The van der Waals surface area contributed by atoms with Crippen LogP contribution in [0.1, 0.15) is 66.6 Å². The number of fused-ring (bicyclic) bond motifs is 1. The fourth-order valence-electron chi connectivity index (χ4n) is 4.12. The molecule has 2 aromatic rings. The number of amides is 1. The molecule has 4 rings (SSSR count). The number of carbonyl (C=O) groups is 1. The molecule has 1 aliphatic heterocycles. The maximum absolute atomic E-state index is 12.3. The zero-order chi connectivity index (χ0) is 18.6. The third kappa shape index (κ3) is 4.18. The Morgan fingerprint density at radius 2 is 1.96 bits per heavy atom. The van der Waals surface area contributed by atoms with E-state index >= 15 is 0 Å². The standard InChI is InChI=1S/C20H28N6O/c1-2-19-21-11-15(12-22-19)20(27)23-13-16-10-18-14-25(8-9-26(18)24-16)17-6-4-3-5-7-17/h10-12,17H,2-9,13-14H2,1H3,(H,23,27). The minimum absolute atomic E-state index is 0.160. The van der Waals surface area contributed by atoms with Crippen LogP contribution in [0, 0.1) is 0 Å². The van der Waals surface area contributed by atoms with E-state index in [-0.39, 0.29) is 5.91 Å². The van der Waals surface area contributed by atoms with Gasteiger partial charge in [0.05, 0.1) is 30.0 Å². The molecule has 0 bridgehead atoms. The Labute approximate surface area is 160 Å². The van der Waals surface area contributed by atoms with Gasteiger partial charge in [0.1, 0.15) is 5.82 Å². The molecule has 0 spiro atoms. The maximum atomic E-state index is 12.3. The number of hydrogen-bond acceptors (Lipinski definition) is 5. The Morgan fingerprint density at radius 3 is 2.70 bits per heavy atom. The van der Waals surface area contributed by atoms with E-state index in [0.717, 1.165) is 43.6 Å². The second-order valence-electron chi connectivity index (χ2n) is 7.54. The molecule has 0 radical (unpaired) electrons. The summed E-state index contributed by atoms with van der Waals surface area (Å²) in [4.78, 5) is 23.3. The summed E-state index contributed by atoms with van der Waals surface area (Å²) in [5, 5.41) is 7.60. The molecule has 1 saturated carbocycles. The van der Waals surface area contributed by atoms with Crippen molar-refractivity contribution in [3.05, 3.63) is 41.2 Å². The van der Waals surface area contributed by atoms with Crippen LogP contribution in [0.3, 0.4) is 0 Å². The molecule has 0 aromatic carbocycles. The molecule has 1 fully saturated rings. The summed E-state index contributed by atoms with van der Waals surface area (Å²) in [5.74, 6) is 0.586. The highest BCUT2D eigenvalue weighted by Gasteiger charge is 2.26. The number of nitrogens with one attached hydrogen (secondary N) is 1.